The number of rotatable bonds is 6. The van der Waals surface area contributed by atoms with Gasteiger partial charge in [-0.05, 0) is 49.2 Å². The number of nitrogens with zero attached hydrogens (tertiary/aromatic N) is 2. The van der Waals surface area contributed by atoms with Gasteiger partial charge < -0.3 is 10.1 Å². The van der Waals surface area contributed by atoms with Gasteiger partial charge >= 0.3 is 0 Å². The fourth-order valence-electron chi connectivity index (χ4n) is 2.71. The standard InChI is InChI=1S/C20H20ClN3O2/c1-14-6-7-19(26-2)15(12-14)8-10-22-20(25)18-9-11-24(23-18)17-5-3-4-16(21)13-17/h3-7,9,11-13H,8,10H2,1-2H3,(H,22,25). The molecule has 0 radical (unpaired) electrons. The predicted octanol–water partition coefficient (Wildman–Crippen LogP) is 3.82. The first-order valence-corrected chi connectivity index (χ1v) is 8.68. The van der Waals surface area contributed by atoms with Gasteiger partial charge in [-0.1, -0.05) is 35.4 Å². The summed E-state index contributed by atoms with van der Waals surface area (Å²) in [5, 5.41) is 7.84. The van der Waals surface area contributed by atoms with Gasteiger partial charge in [-0.3, -0.25) is 4.79 Å². The molecule has 0 fully saturated rings. The van der Waals surface area contributed by atoms with Gasteiger partial charge in [0.1, 0.15) is 5.75 Å². The molecule has 0 aliphatic heterocycles. The molecule has 1 heterocycles. The summed E-state index contributed by atoms with van der Waals surface area (Å²) in [5.41, 5.74) is 3.40. The lowest BCUT2D eigenvalue weighted by Gasteiger charge is -2.10. The molecule has 5 nitrogen and oxygen atoms in total. The third kappa shape index (κ3) is 4.24. The maximum atomic E-state index is 12.3. The van der Waals surface area contributed by atoms with E-state index >= 15 is 0 Å². The van der Waals surface area contributed by atoms with Gasteiger partial charge in [0.25, 0.3) is 5.91 Å². The lowest BCUT2D eigenvalue weighted by atomic mass is 10.1. The quantitative estimate of drug-likeness (QED) is 0.718. The topological polar surface area (TPSA) is 56.1 Å². The molecule has 0 saturated heterocycles. The smallest absolute Gasteiger partial charge is 0.271 e. The SMILES string of the molecule is COc1ccc(C)cc1CCNC(=O)c1ccn(-c2cccc(Cl)c2)n1. The average molecular weight is 370 g/mol. The molecule has 1 N–H and O–H groups in total. The van der Waals surface area contributed by atoms with Gasteiger partial charge in [0.05, 0.1) is 12.8 Å². The molecule has 1 amide bonds. The second-order valence-corrected chi connectivity index (χ2v) is 6.38. The van der Waals surface area contributed by atoms with Crippen molar-refractivity contribution in [3.63, 3.8) is 0 Å². The van der Waals surface area contributed by atoms with Crippen molar-refractivity contribution in [3.8, 4) is 11.4 Å². The highest BCUT2D eigenvalue weighted by Gasteiger charge is 2.11. The Morgan fingerprint density at radius 2 is 2.08 bits per heavy atom. The van der Waals surface area contributed by atoms with Crippen molar-refractivity contribution in [2.45, 2.75) is 13.3 Å². The van der Waals surface area contributed by atoms with Crippen molar-refractivity contribution in [2.24, 2.45) is 0 Å². The minimum absolute atomic E-state index is 0.211. The number of benzene rings is 2. The molecular formula is C20H20ClN3O2. The van der Waals surface area contributed by atoms with E-state index in [1.54, 1.807) is 36.2 Å². The van der Waals surface area contributed by atoms with E-state index in [1.165, 1.54) is 0 Å². The molecule has 3 aromatic rings. The Morgan fingerprint density at radius 3 is 2.85 bits per heavy atom. The van der Waals surface area contributed by atoms with Crippen LogP contribution in [0.25, 0.3) is 5.69 Å². The van der Waals surface area contributed by atoms with E-state index in [9.17, 15) is 4.79 Å². The van der Waals surface area contributed by atoms with Gasteiger partial charge in [0.2, 0.25) is 0 Å². The number of carbonyl (C=O) groups excluding carboxylic acids is 1. The normalized spacial score (nSPS) is 10.6. The van der Waals surface area contributed by atoms with E-state index in [0.717, 1.165) is 22.6 Å². The van der Waals surface area contributed by atoms with Crippen LogP contribution in [0.2, 0.25) is 5.02 Å². The molecule has 0 atom stereocenters. The van der Waals surface area contributed by atoms with Crippen LogP contribution in [0, 0.1) is 6.92 Å². The fourth-order valence-corrected chi connectivity index (χ4v) is 2.90. The first-order chi connectivity index (χ1) is 12.6. The van der Waals surface area contributed by atoms with Crippen LogP contribution in [0.15, 0.2) is 54.7 Å². The van der Waals surface area contributed by atoms with Gasteiger partial charge in [0.15, 0.2) is 5.69 Å². The Bertz CT molecular complexity index is 921. The molecule has 0 aliphatic carbocycles. The summed E-state index contributed by atoms with van der Waals surface area (Å²) in [6.45, 7) is 2.53. The molecule has 0 unspecified atom stereocenters. The Labute approximate surface area is 157 Å². The first kappa shape index (κ1) is 18.0. The number of aryl methyl sites for hydroxylation is 1. The third-order valence-corrected chi connectivity index (χ3v) is 4.25. The second kappa shape index (κ2) is 8.06. The molecule has 0 spiro atoms. The predicted molar refractivity (Wildman–Crippen MR) is 102 cm³/mol. The summed E-state index contributed by atoms with van der Waals surface area (Å²) in [4.78, 5) is 12.3. The van der Waals surface area contributed by atoms with Crippen LogP contribution in [0.1, 0.15) is 21.6 Å². The maximum Gasteiger partial charge on any atom is 0.271 e. The van der Waals surface area contributed by atoms with E-state index in [-0.39, 0.29) is 5.91 Å². The molecular weight excluding hydrogens is 350 g/mol. The molecule has 3 rings (SSSR count). The van der Waals surface area contributed by atoms with Gasteiger partial charge in [-0.15, -0.1) is 0 Å². The maximum absolute atomic E-state index is 12.3. The number of hydrogen-bond donors (Lipinski definition) is 1. The first-order valence-electron chi connectivity index (χ1n) is 8.30. The highest BCUT2D eigenvalue weighted by Crippen LogP contribution is 2.20. The number of methoxy groups -OCH3 is 1. The summed E-state index contributed by atoms with van der Waals surface area (Å²) in [6.07, 6.45) is 2.43. The van der Waals surface area contributed by atoms with Crippen molar-refractivity contribution in [1.82, 2.24) is 15.1 Å². The van der Waals surface area contributed by atoms with E-state index in [4.69, 9.17) is 16.3 Å². The van der Waals surface area contributed by atoms with Crippen molar-refractivity contribution < 1.29 is 9.53 Å². The molecule has 134 valence electrons. The number of aromatic nitrogens is 2. The molecule has 2 aromatic carbocycles. The Morgan fingerprint density at radius 1 is 1.23 bits per heavy atom. The fraction of sp³-hybridized carbons (Fsp3) is 0.200. The number of ether oxygens (including phenoxy) is 1. The summed E-state index contributed by atoms with van der Waals surface area (Å²) in [7, 11) is 1.65. The van der Waals surface area contributed by atoms with Crippen LogP contribution in [0.4, 0.5) is 0 Å². The Kier molecular flexibility index (Phi) is 5.58. The van der Waals surface area contributed by atoms with E-state index in [0.29, 0.717) is 23.7 Å². The molecule has 26 heavy (non-hydrogen) atoms. The molecule has 0 bridgehead atoms. The number of amides is 1. The number of nitrogens with one attached hydrogen (secondary N) is 1. The summed E-state index contributed by atoms with van der Waals surface area (Å²) >= 11 is 6.00. The van der Waals surface area contributed by atoms with E-state index in [2.05, 4.69) is 16.5 Å². The molecule has 0 saturated carbocycles. The highest BCUT2D eigenvalue weighted by atomic mass is 35.5. The zero-order valence-electron chi connectivity index (χ0n) is 14.7. The van der Waals surface area contributed by atoms with E-state index < -0.39 is 0 Å². The third-order valence-electron chi connectivity index (χ3n) is 4.01. The van der Waals surface area contributed by atoms with Crippen molar-refractivity contribution in [3.05, 3.63) is 76.6 Å². The molecule has 1 aromatic heterocycles. The van der Waals surface area contributed by atoms with Crippen LogP contribution in [-0.2, 0) is 6.42 Å². The largest absolute Gasteiger partial charge is 0.496 e. The summed E-state index contributed by atoms with van der Waals surface area (Å²) in [6, 6.07) is 15.0. The number of halogens is 1. The lowest BCUT2D eigenvalue weighted by Crippen LogP contribution is -2.26. The van der Waals surface area contributed by atoms with Crippen molar-refractivity contribution in [2.75, 3.05) is 13.7 Å². The number of carbonyl (C=O) groups is 1. The van der Waals surface area contributed by atoms with Crippen LogP contribution in [-0.4, -0.2) is 29.3 Å². The van der Waals surface area contributed by atoms with Crippen LogP contribution >= 0.6 is 11.6 Å². The average Bonchev–Trinajstić information content (AvgIpc) is 3.12. The van der Waals surface area contributed by atoms with Gasteiger partial charge in [0, 0.05) is 17.8 Å². The molecule has 6 heteroatoms. The van der Waals surface area contributed by atoms with Crippen molar-refractivity contribution >= 4 is 17.5 Å². The summed E-state index contributed by atoms with van der Waals surface area (Å²) in [5.74, 6) is 0.618. The van der Waals surface area contributed by atoms with Gasteiger partial charge in [-0.25, -0.2) is 4.68 Å². The Hall–Kier alpha value is -2.79. The highest BCUT2D eigenvalue weighted by molar-refractivity contribution is 6.30. The minimum atomic E-state index is -0.211. The Balaban J connectivity index is 1.62. The number of hydrogen-bond acceptors (Lipinski definition) is 3. The monoisotopic (exact) mass is 369 g/mol. The van der Waals surface area contributed by atoms with Gasteiger partial charge in [-0.2, -0.15) is 5.10 Å². The summed E-state index contributed by atoms with van der Waals surface area (Å²) < 4.78 is 6.99. The van der Waals surface area contributed by atoms with Crippen LogP contribution in [0.3, 0.4) is 0 Å². The van der Waals surface area contributed by atoms with E-state index in [1.807, 2.05) is 31.2 Å². The lowest BCUT2D eigenvalue weighted by molar-refractivity contribution is 0.0948. The minimum Gasteiger partial charge on any atom is -0.496 e. The zero-order valence-corrected chi connectivity index (χ0v) is 15.5. The molecule has 0 aliphatic rings. The van der Waals surface area contributed by atoms with Crippen molar-refractivity contribution in [1.29, 1.82) is 0 Å². The zero-order chi connectivity index (χ0) is 18.5. The van der Waals surface area contributed by atoms with Crippen LogP contribution < -0.4 is 10.1 Å². The van der Waals surface area contributed by atoms with Crippen LogP contribution in [0.5, 0.6) is 5.75 Å². The second-order valence-electron chi connectivity index (χ2n) is 5.95.